The van der Waals surface area contributed by atoms with Crippen LogP contribution in [0.25, 0.3) is 0 Å². The molecule has 0 spiro atoms. The van der Waals surface area contributed by atoms with Gasteiger partial charge in [0.2, 0.25) is 15.8 Å². The highest BCUT2D eigenvalue weighted by molar-refractivity contribution is 7.92. The van der Waals surface area contributed by atoms with Gasteiger partial charge in [0.25, 0.3) is 0 Å². The summed E-state index contributed by atoms with van der Waals surface area (Å²) >= 11 is 0. The van der Waals surface area contributed by atoms with Gasteiger partial charge in [0, 0.05) is 6.07 Å². The normalized spacial score (nSPS) is 15.2. The highest BCUT2D eigenvalue weighted by Gasteiger charge is 2.30. The van der Waals surface area contributed by atoms with Crippen molar-refractivity contribution in [3.8, 4) is 5.75 Å². The summed E-state index contributed by atoms with van der Waals surface area (Å²) in [7, 11) is -3.54. The quantitative estimate of drug-likeness (QED) is 0.630. The number of aromatic nitrogens is 1. The van der Waals surface area contributed by atoms with E-state index in [2.05, 4.69) is 9.71 Å². The van der Waals surface area contributed by atoms with Gasteiger partial charge in [-0.25, -0.2) is 8.42 Å². The first kappa shape index (κ1) is 12.6. The SMILES string of the molecule is CS(=O)(=O)Nc1ccnc([N+](=O)[O-])c1OC1CC1. The van der Waals surface area contributed by atoms with Gasteiger partial charge in [-0.3, -0.25) is 4.72 Å². The van der Waals surface area contributed by atoms with E-state index in [4.69, 9.17) is 4.74 Å². The van der Waals surface area contributed by atoms with E-state index in [9.17, 15) is 18.5 Å². The first-order valence-electron chi connectivity index (χ1n) is 5.14. The summed E-state index contributed by atoms with van der Waals surface area (Å²) in [5, 5.41) is 10.8. The molecule has 1 heterocycles. The second-order valence-corrected chi connectivity index (χ2v) is 5.71. The van der Waals surface area contributed by atoms with Crippen molar-refractivity contribution in [2.24, 2.45) is 0 Å². The average Bonchev–Trinajstić information content (AvgIpc) is 3.01. The van der Waals surface area contributed by atoms with Crippen molar-refractivity contribution >= 4 is 21.5 Å². The number of sulfonamides is 1. The summed E-state index contributed by atoms with van der Waals surface area (Å²) in [4.78, 5) is 13.7. The first-order chi connectivity index (χ1) is 8.37. The van der Waals surface area contributed by atoms with Crippen LogP contribution in [-0.4, -0.2) is 30.7 Å². The summed E-state index contributed by atoms with van der Waals surface area (Å²) < 4.78 is 29.9. The van der Waals surface area contributed by atoms with Crippen LogP contribution in [0.15, 0.2) is 12.3 Å². The number of nitrogens with one attached hydrogen (secondary N) is 1. The molecule has 1 aromatic rings. The Morgan fingerprint density at radius 3 is 2.72 bits per heavy atom. The lowest BCUT2D eigenvalue weighted by atomic mass is 10.3. The second-order valence-electron chi connectivity index (χ2n) is 3.96. The average molecular weight is 273 g/mol. The minimum atomic E-state index is -3.54. The van der Waals surface area contributed by atoms with Crippen molar-refractivity contribution in [1.82, 2.24) is 4.98 Å². The molecule has 1 N–H and O–H groups in total. The standard InChI is InChI=1S/C9H11N3O5S/c1-18(15,16)11-7-4-5-10-9(12(13)14)8(7)17-6-2-3-6/h4-6H,2-3H2,1H3,(H,10,11). The Balaban J connectivity index is 2.42. The van der Waals surface area contributed by atoms with Gasteiger partial charge < -0.3 is 14.9 Å². The Hall–Kier alpha value is -1.90. The molecule has 1 saturated carbocycles. The summed E-state index contributed by atoms with van der Waals surface area (Å²) in [6.07, 6.45) is 3.60. The molecule has 98 valence electrons. The largest absolute Gasteiger partial charge is 0.481 e. The Labute approximate surface area is 103 Å². The highest BCUT2D eigenvalue weighted by atomic mass is 32.2. The number of rotatable bonds is 5. The maximum atomic E-state index is 11.2. The summed E-state index contributed by atoms with van der Waals surface area (Å²) in [6.45, 7) is 0. The summed E-state index contributed by atoms with van der Waals surface area (Å²) in [5.41, 5.74) is 0.0334. The van der Waals surface area contributed by atoms with E-state index in [0.29, 0.717) is 0 Å². The minimum Gasteiger partial charge on any atom is -0.481 e. The van der Waals surface area contributed by atoms with Crippen LogP contribution in [0.4, 0.5) is 11.5 Å². The van der Waals surface area contributed by atoms with E-state index in [1.807, 2.05) is 0 Å². The summed E-state index contributed by atoms with van der Waals surface area (Å²) in [6, 6.07) is 1.33. The second kappa shape index (κ2) is 4.41. The predicted octanol–water partition coefficient (Wildman–Crippen LogP) is 0.902. The molecule has 0 bridgehead atoms. The van der Waals surface area contributed by atoms with Crippen LogP contribution in [0, 0.1) is 10.1 Å². The van der Waals surface area contributed by atoms with Gasteiger partial charge in [-0.1, -0.05) is 0 Å². The number of nitro groups is 1. The molecule has 0 saturated heterocycles. The van der Waals surface area contributed by atoms with Gasteiger partial charge in [-0.2, -0.15) is 0 Å². The number of nitrogens with zero attached hydrogens (tertiary/aromatic N) is 2. The Bertz CT molecular complexity index is 582. The molecule has 1 aromatic heterocycles. The molecule has 2 rings (SSSR count). The number of hydrogen-bond acceptors (Lipinski definition) is 6. The molecule has 0 unspecified atom stereocenters. The summed E-state index contributed by atoms with van der Waals surface area (Å²) in [5.74, 6) is -0.619. The third-order valence-corrected chi connectivity index (χ3v) is 2.75. The van der Waals surface area contributed by atoms with Crippen LogP contribution < -0.4 is 9.46 Å². The first-order valence-corrected chi connectivity index (χ1v) is 7.04. The zero-order valence-electron chi connectivity index (χ0n) is 9.49. The third-order valence-electron chi connectivity index (χ3n) is 2.16. The number of ether oxygens (including phenoxy) is 1. The van der Waals surface area contributed by atoms with E-state index in [0.717, 1.165) is 25.3 Å². The van der Waals surface area contributed by atoms with Gasteiger partial charge >= 0.3 is 5.82 Å². The molecular weight excluding hydrogens is 262 g/mol. The van der Waals surface area contributed by atoms with Gasteiger partial charge in [0.15, 0.2) is 0 Å². The van der Waals surface area contributed by atoms with Crippen LogP contribution in [0.3, 0.4) is 0 Å². The molecule has 0 radical (unpaired) electrons. The van der Waals surface area contributed by atoms with Crippen molar-refractivity contribution in [2.45, 2.75) is 18.9 Å². The van der Waals surface area contributed by atoms with Crippen LogP contribution >= 0.6 is 0 Å². The van der Waals surface area contributed by atoms with E-state index < -0.39 is 20.8 Å². The molecular formula is C9H11N3O5S. The van der Waals surface area contributed by atoms with E-state index >= 15 is 0 Å². The Morgan fingerprint density at radius 1 is 1.56 bits per heavy atom. The molecule has 0 aromatic carbocycles. The molecule has 0 amide bonds. The van der Waals surface area contributed by atoms with Crippen LogP contribution in [0.2, 0.25) is 0 Å². The number of anilines is 1. The molecule has 1 aliphatic rings. The molecule has 1 aliphatic carbocycles. The maximum absolute atomic E-state index is 11.2. The van der Waals surface area contributed by atoms with Gasteiger partial charge in [0.1, 0.15) is 11.9 Å². The van der Waals surface area contributed by atoms with Gasteiger partial charge in [0.05, 0.1) is 12.4 Å². The van der Waals surface area contributed by atoms with E-state index in [-0.39, 0.29) is 17.5 Å². The smallest absolute Gasteiger partial charge is 0.408 e. The lowest BCUT2D eigenvalue weighted by molar-refractivity contribution is -0.390. The zero-order valence-corrected chi connectivity index (χ0v) is 10.3. The van der Waals surface area contributed by atoms with E-state index in [1.54, 1.807) is 0 Å². The Morgan fingerprint density at radius 2 is 2.22 bits per heavy atom. The lowest BCUT2D eigenvalue weighted by Crippen LogP contribution is -2.12. The van der Waals surface area contributed by atoms with Crippen LogP contribution in [0.1, 0.15) is 12.8 Å². The van der Waals surface area contributed by atoms with Gasteiger partial charge in [-0.15, -0.1) is 0 Å². The Kier molecular flexibility index (Phi) is 3.07. The van der Waals surface area contributed by atoms with Crippen molar-refractivity contribution in [3.05, 3.63) is 22.4 Å². The van der Waals surface area contributed by atoms with Crippen LogP contribution in [-0.2, 0) is 10.0 Å². The maximum Gasteiger partial charge on any atom is 0.408 e. The third kappa shape index (κ3) is 3.06. The van der Waals surface area contributed by atoms with Gasteiger partial charge in [-0.05, 0) is 22.7 Å². The fraction of sp³-hybridized carbons (Fsp3) is 0.444. The monoisotopic (exact) mass is 273 g/mol. The van der Waals surface area contributed by atoms with Crippen molar-refractivity contribution in [1.29, 1.82) is 0 Å². The predicted molar refractivity (Wildman–Crippen MR) is 63.0 cm³/mol. The van der Waals surface area contributed by atoms with Crippen molar-refractivity contribution in [3.63, 3.8) is 0 Å². The molecule has 8 nitrogen and oxygen atoms in total. The number of hydrogen-bond donors (Lipinski definition) is 1. The molecule has 18 heavy (non-hydrogen) atoms. The van der Waals surface area contributed by atoms with Crippen LogP contribution in [0.5, 0.6) is 5.75 Å². The van der Waals surface area contributed by atoms with E-state index in [1.165, 1.54) is 6.07 Å². The zero-order chi connectivity index (χ0) is 13.3. The molecule has 1 fully saturated rings. The fourth-order valence-corrected chi connectivity index (χ4v) is 1.88. The van der Waals surface area contributed by atoms with Crippen molar-refractivity contribution < 1.29 is 18.1 Å². The number of pyridine rings is 1. The topological polar surface area (TPSA) is 111 Å². The lowest BCUT2D eigenvalue weighted by Gasteiger charge is -2.10. The van der Waals surface area contributed by atoms with Crippen molar-refractivity contribution in [2.75, 3.05) is 11.0 Å². The highest BCUT2D eigenvalue weighted by Crippen LogP contribution is 2.38. The molecule has 0 aliphatic heterocycles. The fourth-order valence-electron chi connectivity index (χ4n) is 1.32. The minimum absolute atomic E-state index is 0.0334. The molecule has 9 heteroatoms. The molecule has 0 atom stereocenters.